The van der Waals surface area contributed by atoms with Crippen LogP contribution in [0.15, 0.2) is 18.2 Å². The fourth-order valence-electron chi connectivity index (χ4n) is 2.94. The highest BCUT2D eigenvalue weighted by atomic mass is 16.5. The van der Waals surface area contributed by atoms with Gasteiger partial charge in [0, 0.05) is 19.6 Å². The Morgan fingerprint density at radius 1 is 1.23 bits per heavy atom. The van der Waals surface area contributed by atoms with Gasteiger partial charge in [-0.3, -0.25) is 4.79 Å². The number of carbonyl (C=O) groups is 3. The predicted molar refractivity (Wildman–Crippen MR) is 93.4 cm³/mol. The van der Waals surface area contributed by atoms with E-state index in [0.29, 0.717) is 50.2 Å². The van der Waals surface area contributed by atoms with Crippen molar-refractivity contribution in [3.63, 3.8) is 0 Å². The summed E-state index contributed by atoms with van der Waals surface area (Å²) in [5, 5.41) is 11.8. The highest BCUT2D eigenvalue weighted by Gasteiger charge is 2.26. The Morgan fingerprint density at radius 3 is 2.50 bits per heavy atom. The zero-order valence-electron chi connectivity index (χ0n) is 15.0. The lowest BCUT2D eigenvalue weighted by molar-refractivity contribution is -0.143. The lowest BCUT2D eigenvalue weighted by atomic mass is 9.97. The average Bonchev–Trinajstić information content (AvgIpc) is 2.67. The van der Waals surface area contributed by atoms with E-state index < -0.39 is 11.9 Å². The number of carbonyl (C=O) groups excluding carboxylic acids is 2. The Bertz CT molecular complexity index is 668. The second-order valence-corrected chi connectivity index (χ2v) is 6.10. The van der Waals surface area contributed by atoms with Gasteiger partial charge in [0.05, 0.1) is 25.7 Å². The maximum Gasteiger partial charge on any atom is 0.337 e. The molecule has 0 radical (unpaired) electrons. The Morgan fingerprint density at radius 2 is 1.92 bits per heavy atom. The summed E-state index contributed by atoms with van der Waals surface area (Å²) in [5.41, 5.74) is 1.27. The predicted octanol–water partition coefficient (Wildman–Crippen LogP) is 1.53. The Balaban J connectivity index is 1.85. The van der Waals surface area contributed by atoms with Gasteiger partial charge in [-0.2, -0.15) is 0 Å². The molecular weight excluding hydrogens is 340 g/mol. The van der Waals surface area contributed by atoms with Crippen molar-refractivity contribution in [3.8, 4) is 5.75 Å². The molecule has 0 aromatic heterocycles. The van der Waals surface area contributed by atoms with E-state index in [9.17, 15) is 14.4 Å². The van der Waals surface area contributed by atoms with Gasteiger partial charge >= 0.3 is 18.0 Å². The summed E-state index contributed by atoms with van der Waals surface area (Å²) in [6, 6.07) is 4.84. The number of piperidine rings is 1. The number of amides is 2. The first-order valence-electron chi connectivity index (χ1n) is 8.47. The molecule has 0 aliphatic carbocycles. The fraction of sp³-hybridized carbons (Fsp3) is 0.500. The van der Waals surface area contributed by atoms with Gasteiger partial charge in [-0.25, -0.2) is 9.59 Å². The molecule has 1 heterocycles. The lowest BCUT2D eigenvalue weighted by Crippen LogP contribution is -2.45. The molecule has 0 unspecified atom stereocenters. The molecule has 26 heavy (non-hydrogen) atoms. The maximum atomic E-state index is 12.2. The van der Waals surface area contributed by atoms with E-state index in [-0.39, 0.29) is 11.9 Å². The number of hydrogen-bond acceptors (Lipinski definition) is 5. The van der Waals surface area contributed by atoms with Crippen LogP contribution in [0, 0.1) is 5.92 Å². The van der Waals surface area contributed by atoms with E-state index in [1.165, 1.54) is 14.2 Å². The topological polar surface area (TPSA) is 105 Å². The minimum Gasteiger partial charge on any atom is -0.496 e. The number of esters is 1. The molecule has 2 rings (SSSR count). The van der Waals surface area contributed by atoms with Crippen molar-refractivity contribution in [2.75, 3.05) is 33.9 Å². The first-order chi connectivity index (χ1) is 12.5. The molecule has 1 fully saturated rings. The van der Waals surface area contributed by atoms with E-state index in [1.54, 1.807) is 23.1 Å². The van der Waals surface area contributed by atoms with Gasteiger partial charge in [0.1, 0.15) is 5.75 Å². The summed E-state index contributed by atoms with van der Waals surface area (Å²) in [6.07, 6.45) is 1.50. The second-order valence-electron chi connectivity index (χ2n) is 6.10. The van der Waals surface area contributed by atoms with E-state index in [4.69, 9.17) is 9.84 Å². The number of carboxylic acid groups (broad SMARTS) is 1. The number of ether oxygens (including phenoxy) is 2. The van der Waals surface area contributed by atoms with Crippen LogP contribution in [-0.4, -0.2) is 61.8 Å². The Hall–Kier alpha value is -2.77. The van der Waals surface area contributed by atoms with Gasteiger partial charge in [-0.15, -0.1) is 0 Å². The van der Waals surface area contributed by atoms with Gasteiger partial charge in [-0.05, 0) is 37.0 Å². The molecular formula is C18H24N2O6. The van der Waals surface area contributed by atoms with E-state index in [2.05, 4.69) is 10.1 Å². The highest BCUT2D eigenvalue weighted by Crippen LogP contribution is 2.21. The molecule has 8 heteroatoms. The first-order valence-corrected chi connectivity index (χ1v) is 8.47. The number of aliphatic carboxylic acids is 1. The van der Waals surface area contributed by atoms with Gasteiger partial charge in [0.15, 0.2) is 0 Å². The van der Waals surface area contributed by atoms with Crippen LogP contribution in [0.2, 0.25) is 0 Å². The molecule has 1 saturated heterocycles. The quantitative estimate of drug-likeness (QED) is 0.742. The molecule has 0 atom stereocenters. The molecule has 0 saturated carbocycles. The molecule has 0 bridgehead atoms. The molecule has 1 aromatic carbocycles. The van der Waals surface area contributed by atoms with Crippen molar-refractivity contribution in [3.05, 3.63) is 29.3 Å². The number of benzene rings is 1. The zero-order valence-corrected chi connectivity index (χ0v) is 15.0. The van der Waals surface area contributed by atoms with Crippen molar-refractivity contribution >= 4 is 18.0 Å². The smallest absolute Gasteiger partial charge is 0.337 e. The third kappa shape index (κ3) is 4.87. The standard InChI is InChI=1S/C18H24N2O6/c1-25-15-11-14(17(23)26-2)4-3-12(15)5-8-19-18(24)20-9-6-13(7-10-20)16(21)22/h3-4,11,13H,5-10H2,1-2H3,(H,19,24)(H,21,22). The fourth-order valence-corrected chi connectivity index (χ4v) is 2.94. The number of nitrogens with zero attached hydrogens (tertiary/aromatic N) is 1. The van der Waals surface area contributed by atoms with Gasteiger partial charge in [0.25, 0.3) is 0 Å². The summed E-state index contributed by atoms with van der Waals surface area (Å²) in [5.74, 6) is -1.04. The monoisotopic (exact) mass is 364 g/mol. The van der Waals surface area contributed by atoms with E-state index >= 15 is 0 Å². The van der Waals surface area contributed by atoms with Crippen LogP contribution >= 0.6 is 0 Å². The van der Waals surface area contributed by atoms with Crippen LogP contribution in [0.1, 0.15) is 28.8 Å². The number of rotatable bonds is 6. The molecule has 1 aliphatic heterocycles. The summed E-state index contributed by atoms with van der Waals surface area (Å²) in [7, 11) is 2.84. The SMILES string of the molecule is COC(=O)c1ccc(CCNC(=O)N2CCC(C(=O)O)CC2)c(OC)c1. The minimum absolute atomic E-state index is 0.195. The summed E-state index contributed by atoms with van der Waals surface area (Å²) in [4.78, 5) is 36.3. The van der Waals surface area contributed by atoms with Crippen LogP contribution in [0.25, 0.3) is 0 Å². The number of likely N-dealkylation sites (tertiary alicyclic amines) is 1. The van der Waals surface area contributed by atoms with Gasteiger partial charge < -0.3 is 24.8 Å². The van der Waals surface area contributed by atoms with Crippen molar-refractivity contribution in [2.45, 2.75) is 19.3 Å². The Labute approximate surface area is 152 Å². The summed E-state index contributed by atoms with van der Waals surface area (Å²) in [6.45, 7) is 1.30. The van der Waals surface area contributed by atoms with Crippen LogP contribution in [-0.2, 0) is 16.0 Å². The largest absolute Gasteiger partial charge is 0.496 e. The molecule has 0 spiro atoms. The average molecular weight is 364 g/mol. The highest BCUT2D eigenvalue weighted by molar-refractivity contribution is 5.89. The number of hydrogen-bond donors (Lipinski definition) is 2. The van der Waals surface area contributed by atoms with Crippen LogP contribution in [0.3, 0.4) is 0 Å². The van der Waals surface area contributed by atoms with Crippen LogP contribution in [0.5, 0.6) is 5.75 Å². The third-order valence-electron chi connectivity index (χ3n) is 4.51. The lowest BCUT2D eigenvalue weighted by Gasteiger charge is -2.30. The first kappa shape index (κ1) is 19.6. The normalized spacial score (nSPS) is 14.6. The maximum absolute atomic E-state index is 12.2. The van der Waals surface area contributed by atoms with Crippen molar-refractivity contribution < 1.29 is 29.0 Å². The Kier molecular flexibility index (Phi) is 6.82. The van der Waals surface area contributed by atoms with Crippen LogP contribution in [0.4, 0.5) is 4.79 Å². The minimum atomic E-state index is -0.799. The van der Waals surface area contributed by atoms with Gasteiger partial charge in [0.2, 0.25) is 0 Å². The molecule has 1 aromatic rings. The number of urea groups is 1. The third-order valence-corrected chi connectivity index (χ3v) is 4.51. The number of methoxy groups -OCH3 is 2. The van der Waals surface area contributed by atoms with Crippen LogP contribution < -0.4 is 10.1 Å². The summed E-state index contributed by atoms with van der Waals surface area (Å²) >= 11 is 0. The van der Waals surface area contributed by atoms with Crippen molar-refractivity contribution in [2.24, 2.45) is 5.92 Å². The molecule has 2 amide bonds. The zero-order chi connectivity index (χ0) is 19.1. The number of carboxylic acids is 1. The molecule has 1 aliphatic rings. The second kappa shape index (κ2) is 9.07. The number of nitrogens with one attached hydrogen (secondary N) is 1. The molecule has 2 N–H and O–H groups in total. The molecule has 8 nitrogen and oxygen atoms in total. The van der Waals surface area contributed by atoms with Crippen molar-refractivity contribution in [1.29, 1.82) is 0 Å². The van der Waals surface area contributed by atoms with E-state index in [1.807, 2.05) is 0 Å². The van der Waals surface area contributed by atoms with E-state index in [0.717, 1.165) is 5.56 Å². The summed E-state index contributed by atoms with van der Waals surface area (Å²) < 4.78 is 9.99. The van der Waals surface area contributed by atoms with Gasteiger partial charge in [-0.1, -0.05) is 6.07 Å². The van der Waals surface area contributed by atoms with Crippen molar-refractivity contribution in [1.82, 2.24) is 10.2 Å². The molecule has 142 valence electrons.